The number of carbonyl (C=O) groups is 14. The van der Waals surface area contributed by atoms with Crippen molar-refractivity contribution in [2.75, 3.05) is 45.9 Å². The van der Waals surface area contributed by atoms with E-state index in [2.05, 4.69) is 80.7 Å². The van der Waals surface area contributed by atoms with Gasteiger partial charge in [-0.3, -0.25) is 94.2 Å². The van der Waals surface area contributed by atoms with E-state index in [4.69, 9.17) is 11.5 Å². The monoisotopic (exact) mass is 1560 g/mol. The number of hydrogen-bond donors (Lipinski definition) is 22. The first-order valence-corrected chi connectivity index (χ1v) is 37.6. The lowest BCUT2D eigenvalue weighted by Crippen LogP contribution is -2.78. The van der Waals surface area contributed by atoms with E-state index >= 15 is 0 Å². The Kier molecular flexibility index (Phi) is 44.8. The summed E-state index contributed by atoms with van der Waals surface area (Å²) in [5.74, 6) is -12.7. The molecular formula is C70H116N18O22. The number of phenolic OH excluding ortho intramolecular Hbond substituents is 1. The molecule has 3 rings (SSSR count). The minimum Gasteiger partial charge on any atom is -0.548 e. The third-order valence-corrected chi connectivity index (χ3v) is 18.2. The SMILES string of the molecule is CCCCCCCCCCCCCC(=O)N[C@@H](CCC(=O)NC(Cc1ccc(O)cc1)C1=N[C@H](C(=O)N[C@@H](CO)C(=O)N[C@@H](CCC[NH+]=C(N)N)C(=O)N[C@@H](CO)C(=O)N[C@@H](CCCN(O)C=O)C(=O)N[C@H]2CCCCNC(=O)[C@H](C(C)O)NC(=O)[C@H](C(C)O)NC(=O)[C@H](CCCN(O)C=O)NC2=O)CCN1)C(=O)[O-]. The lowest BCUT2D eigenvalue weighted by molar-refractivity contribution is -0.459. The number of aromatic hydroxyl groups is 1. The Morgan fingerprint density at radius 1 is 0.600 bits per heavy atom. The average molecular weight is 1560 g/mol. The number of aliphatic imine (C=N–C) groups is 1. The van der Waals surface area contributed by atoms with Crippen LogP contribution in [0, 0.1) is 0 Å². The van der Waals surface area contributed by atoms with Crippen LogP contribution >= 0.6 is 0 Å². The molecule has 13 atom stereocenters. The number of amidine groups is 1. The number of amides is 13. The number of hydrogen-bond acceptors (Lipinski definition) is 24. The molecule has 1 aromatic carbocycles. The van der Waals surface area contributed by atoms with E-state index in [9.17, 15) is 108 Å². The Balaban J connectivity index is 1.87. The number of aliphatic hydroxyl groups excluding tert-OH is 4. The molecule has 0 bridgehead atoms. The van der Waals surface area contributed by atoms with Crippen molar-refractivity contribution in [2.24, 2.45) is 16.5 Å². The van der Waals surface area contributed by atoms with Gasteiger partial charge in [-0.1, -0.05) is 83.3 Å². The Morgan fingerprint density at radius 3 is 1.72 bits per heavy atom. The van der Waals surface area contributed by atoms with Crippen LogP contribution in [0.25, 0.3) is 0 Å². The van der Waals surface area contributed by atoms with Crippen LogP contribution in [0.15, 0.2) is 29.3 Å². The summed E-state index contributed by atoms with van der Waals surface area (Å²) in [7, 11) is 0. The topological polar surface area (TPSA) is 633 Å². The number of rotatable bonds is 49. The van der Waals surface area contributed by atoms with Crippen molar-refractivity contribution >= 4 is 95.6 Å². The number of carboxylic acids is 1. The molecule has 1 fully saturated rings. The quantitative estimate of drug-likeness (QED) is 0.00719. The maximum absolute atomic E-state index is 14.5. The van der Waals surface area contributed by atoms with Crippen LogP contribution in [0.2, 0.25) is 0 Å². The molecular weight excluding hydrogens is 1440 g/mol. The smallest absolute Gasteiger partial charge is 0.338 e. The van der Waals surface area contributed by atoms with E-state index in [1.165, 1.54) is 51.2 Å². The summed E-state index contributed by atoms with van der Waals surface area (Å²) < 4.78 is 0. The summed E-state index contributed by atoms with van der Waals surface area (Å²) in [6.07, 6.45) is 6.43. The van der Waals surface area contributed by atoms with E-state index in [0.29, 0.717) is 12.0 Å². The molecule has 618 valence electrons. The van der Waals surface area contributed by atoms with Crippen molar-refractivity contribution in [3.8, 4) is 5.75 Å². The second-order valence-electron chi connectivity index (χ2n) is 27.3. The molecule has 2 aliphatic heterocycles. The van der Waals surface area contributed by atoms with Gasteiger partial charge in [0.25, 0.3) is 0 Å². The van der Waals surface area contributed by atoms with Gasteiger partial charge in [0.05, 0.1) is 50.0 Å². The van der Waals surface area contributed by atoms with Gasteiger partial charge in [-0.15, -0.1) is 0 Å². The highest BCUT2D eigenvalue weighted by Crippen LogP contribution is 2.17. The Bertz CT molecular complexity index is 3180. The zero-order chi connectivity index (χ0) is 81.7. The molecule has 1 saturated heterocycles. The molecule has 2 aliphatic rings. The van der Waals surface area contributed by atoms with Crippen LogP contribution in [0.3, 0.4) is 0 Å². The Hall–Kier alpha value is -9.90. The number of nitrogens with zero attached hydrogens (tertiary/aromatic N) is 3. The molecule has 40 nitrogen and oxygen atoms in total. The molecule has 3 unspecified atom stereocenters. The van der Waals surface area contributed by atoms with Gasteiger partial charge in [0.2, 0.25) is 77.8 Å². The minimum atomic E-state index is -1.95. The maximum atomic E-state index is 14.5. The van der Waals surface area contributed by atoms with Gasteiger partial charge in [-0.05, 0) is 115 Å². The van der Waals surface area contributed by atoms with Gasteiger partial charge in [-0.25, -0.2) is 10.1 Å². The molecule has 0 aliphatic carbocycles. The zero-order valence-corrected chi connectivity index (χ0v) is 62.8. The van der Waals surface area contributed by atoms with E-state index in [-0.39, 0.29) is 144 Å². The number of nitrogens with one attached hydrogen (secondary N) is 13. The predicted octanol–water partition coefficient (Wildman–Crippen LogP) is -7.79. The summed E-state index contributed by atoms with van der Waals surface area (Å²) in [6.45, 7) is 1.41. The molecule has 2 heterocycles. The van der Waals surface area contributed by atoms with Crippen LogP contribution in [0.5, 0.6) is 5.75 Å². The fraction of sp³-hybridized carbons (Fsp3) is 0.686. The van der Waals surface area contributed by atoms with Crippen molar-refractivity contribution < 1.29 is 113 Å². The van der Waals surface area contributed by atoms with Crippen LogP contribution in [-0.4, -0.2) is 266 Å². The number of guanidine groups is 1. The Labute approximate surface area is 638 Å². The number of aliphatic hydroxyl groups is 4. The van der Waals surface area contributed by atoms with Gasteiger partial charge in [-0.2, -0.15) is 0 Å². The van der Waals surface area contributed by atoms with Crippen molar-refractivity contribution in [1.82, 2.24) is 73.9 Å². The van der Waals surface area contributed by atoms with Gasteiger partial charge in [0.1, 0.15) is 66.0 Å². The van der Waals surface area contributed by atoms with Crippen molar-refractivity contribution in [1.29, 1.82) is 0 Å². The van der Waals surface area contributed by atoms with Gasteiger partial charge in [0.15, 0.2) is 0 Å². The summed E-state index contributed by atoms with van der Waals surface area (Å²) >= 11 is 0. The Morgan fingerprint density at radius 2 is 1.14 bits per heavy atom. The normalized spacial score (nSPS) is 19.2. The van der Waals surface area contributed by atoms with E-state index in [1.807, 2.05) is 0 Å². The first-order chi connectivity index (χ1) is 52.4. The number of carboxylic acid groups (broad SMARTS) is 1. The molecule has 24 N–H and O–H groups in total. The summed E-state index contributed by atoms with van der Waals surface area (Å²) in [4.78, 5) is 195. The standard InChI is InChI=1S/C70H116N18O22/c1-4-5-6-7-8-9-10-11-12-13-14-24-55(96)76-51(69(107)108)29-30-56(97)77-52(37-44-25-27-45(95)28-26-44)59-73-34-31-50(78-59)63(101)84-54(39-90)65(103)81-47(21-17-33-75-70(71)72)62(100)83-53(38-89)66(104)82-48(22-18-35-87(109)40-91)61(99)79-46-20-15-16-32-74-67(105)57(42(2)93)86-68(106)58(43(3)94)85-64(102)49(80-60(46)98)23-19-36-88(110)41-92/h25-28,40-43,46-54,57-58,89-90,93-95,109-110H,4-24,29-39H2,1-3H3,(H,73,78)(H,74,105)(H,76,96)(H,77,97)(H,79,99)(H,80,98)(H,81,103)(H,82,104)(H,83,100)(H,84,101)(H,85,102)(H,86,106)(H,107,108)(H4,71,72,75)/t42?,43?,46-,47-,48-,49-,50-,51-,52?,53-,54-,57-,58-/m0/s1. The molecule has 40 heteroatoms. The summed E-state index contributed by atoms with van der Waals surface area (Å²) in [5.41, 5.74) is 11.7. The highest BCUT2D eigenvalue weighted by molar-refractivity contribution is 6.00. The lowest BCUT2D eigenvalue weighted by atomic mass is 10.0. The first-order valence-electron chi connectivity index (χ1n) is 37.6. The fourth-order valence-electron chi connectivity index (χ4n) is 11.9. The van der Waals surface area contributed by atoms with Gasteiger partial charge in [0, 0.05) is 39.0 Å². The van der Waals surface area contributed by atoms with Crippen molar-refractivity contribution in [3.05, 3.63) is 29.8 Å². The number of carbonyl (C=O) groups excluding carboxylic acids is 14. The fourth-order valence-corrected chi connectivity index (χ4v) is 11.9. The van der Waals surface area contributed by atoms with Crippen molar-refractivity contribution in [2.45, 2.75) is 260 Å². The number of hydroxylamine groups is 4. The van der Waals surface area contributed by atoms with Crippen LogP contribution in [0.4, 0.5) is 0 Å². The molecule has 0 spiro atoms. The second-order valence-corrected chi connectivity index (χ2v) is 27.3. The molecule has 0 saturated carbocycles. The number of phenols is 1. The molecule has 0 radical (unpaired) electrons. The van der Waals surface area contributed by atoms with E-state index < -0.39 is 182 Å². The minimum absolute atomic E-state index is 0.000413. The lowest BCUT2D eigenvalue weighted by Gasteiger charge is -2.29. The largest absolute Gasteiger partial charge is 0.548 e. The number of benzene rings is 1. The van der Waals surface area contributed by atoms with Gasteiger partial charge >= 0.3 is 5.96 Å². The summed E-state index contributed by atoms with van der Waals surface area (Å²) in [5, 5.41) is 115. The number of nitrogens with two attached hydrogens (primary N) is 2. The first kappa shape index (κ1) is 94.3. The van der Waals surface area contributed by atoms with E-state index in [1.54, 1.807) is 12.1 Å². The molecule has 110 heavy (non-hydrogen) atoms. The molecule has 1 aromatic rings. The van der Waals surface area contributed by atoms with Crippen LogP contribution in [0.1, 0.15) is 180 Å². The number of aliphatic carboxylic acids is 1. The van der Waals surface area contributed by atoms with Crippen LogP contribution in [-0.2, 0) is 73.5 Å². The van der Waals surface area contributed by atoms with Crippen LogP contribution < -0.4 is 85.4 Å². The highest BCUT2D eigenvalue weighted by atomic mass is 16.5. The molecule has 0 aromatic heterocycles. The third-order valence-electron chi connectivity index (χ3n) is 18.2. The maximum Gasteiger partial charge on any atom is 0.338 e. The predicted molar refractivity (Wildman–Crippen MR) is 391 cm³/mol. The molecule has 13 amide bonds. The summed E-state index contributed by atoms with van der Waals surface area (Å²) in [6, 6.07) is -11.6. The van der Waals surface area contributed by atoms with Gasteiger partial charge < -0.3 is 99.2 Å². The highest BCUT2D eigenvalue weighted by Gasteiger charge is 2.38. The van der Waals surface area contributed by atoms with E-state index in [0.717, 1.165) is 39.0 Å². The number of unbranched alkanes of at least 4 members (excludes halogenated alkanes) is 10. The zero-order valence-electron chi connectivity index (χ0n) is 62.8. The third kappa shape index (κ3) is 36.5. The van der Waals surface area contributed by atoms with Crippen molar-refractivity contribution in [3.63, 3.8) is 0 Å². The second kappa shape index (κ2) is 52.3. The average Bonchev–Trinajstić information content (AvgIpc) is 0.847.